The average molecular weight is 244 g/mol. The second kappa shape index (κ2) is 5.13. The van der Waals surface area contributed by atoms with E-state index in [1.54, 1.807) is 30.3 Å². The number of carbonyl (C=O) groups is 1. The van der Waals surface area contributed by atoms with E-state index in [0.717, 1.165) is 0 Å². The fourth-order valence-corrected chi connectivity index (χ4v) is 1.32. The van der Waals surface area contributed by atoms with Gasteiger partial charge in [-0.15, -0.1) is 10.2 Å². The summed E-state index contributed by atoms with van der Waals surface area (Å²) >= 11 is 0. The van der Waals surface area contributed by atoms with Crippen LogP contribution in [-0.4, -0.2) is 23.2 Å². The van der Waals surface area contributed by atoms with Gasteiger partial charge in [-0.05, 0) is 18.2 Å². The molecule has 1 amide bonds. The first-order chi connectivity index (χ1) is 8.69. The number of carbonyl (C=O) groups excluding carboxylic acids is 1. The zero-order valence-electron chi connectivity index (χ0n) is 9.75. The first kappa shape index (κ1) is 11.8. The van der Waals surface area contributed by atoms with E-state index in [1.165, 1.54) is 13.1 Å². The second-order valence-corrected chi connectivity index (χ2v) is 3.51. The first-order valence-electron chi connectivity index (χ1n) is 5.28. The molecule has 0 saturated carbocycles. The van der Waals surface area contributed by atoms with Crippen LogP contribution in [0.2, 0.25) is 0 Å². The van der Waals surface area contributed by atoms with Gasteiger partial charge in [0.15, 0.2) is 5.69 Å². The van der Waals surface area contributed by atoms with Crippen molar-refractivity contribution in [1.29, 1.82) is 0 Å². The first-order valence-corrected chi connectivity index (χ1v) is 5.28. The van der Waals surface area contributed by atoms with E-state index < -0.39 is 0 Å². The van der Waals surface area contributed by atoms with Crippen molar-refractivity contribution < 1.29 is 9.53 Å². The minimum atomic E-state index is -0.294. The van der Waals surface area contributed by atoms with E-state index in [1.807, 2.05) is 0 Å². The van der Waals surface area contributed by atoms with Gasteiger partial charge in [0.1, 0.15) is 5.75 Å². The monoisotopic (exact) mass is 244 g/mol. The number of nitrogens with two attached hydrogens (primary N) is 1. The number of nitrogens with one attached hydrogen (secondary N) is 1. The molecule has 18 heavy (non-hydrogen) atoms. The maximum absolute atomic E-state index is 11.3. The second-order valence-electron chi connectivity index (χ2n) is 3.51. The Hall–Kier alpha value is -2.63. The topological polar surface area (TPSA) is 90.1 Å². The highest BCUT2D eigenvalue weighted by Gasteiger charge is 2.06. The van der Waals surface area contributed by atoms with Crippen LogP contribution in [0.25, 0.3) is 0 Å². The van der Waals surface area contributed by atoms with Crippen molar-refractivity contribution in [3.05, 3.63) is 42.1 Å². The summed E-state index contributed by atoms with van der Waals surface area (Å²) in [5.41, 5.74) is 6.46. The van der Waals surface area contributed by atoms with Crippen LogP contribution < -0.4 is 15.8 Å². The summed E-state index contributed by atoms with van der Waals surface area (Å²) in [4.78, 5) is 11.3. The summed E-state index contributed by atoms with van der Waals surface area (Å²) < 4.78 is 5.44. The molecule has 2 aromatic rings. The van der Waals surface area contributed by atoms with Crippen molar-refractivity contribution in [3.63, 3.8) is 0 Å². The van der Waals surface area contributed by atoms with Crippen molar-refractivity contribution in [1.82, 2.24) is 15.5 Å². The molecule has 1 aromatic heterocycles. The molecular formula is C12H12N4O2. The molecular weight excluding hydrogens is 232 g/mol. The lowest BCUT2D eigenvalue weighted by Crippen LogP contribution is -2.19. The van der Waals surface area contributed by atoms with Crippen LogP contribution in [0.5, 0.6) is 11.6 Å². The predicted molar refractivity (Wildman–Crippen MR) is 66.4 cm³/mol. The maximum atomic E-state index is 11.3. The standard InChI is InChI=1S/C12H12N4O2/c1-14-12(17)10-5-6-11(16-15-10)18-9-4-2-3-8(13)7-9/h2-7H,13H2,1H3,(H,14,17). The van der Waals surface area contributed by atoms with Crippen LogP contribution in [-0.2, 0) is 0 Å². The van der Waals surface area contributed by atoms with Gasteiger partial charge in [-0.1, -0.05) is 6.07 Å². The van der Waals surface area contributed by atoms with E-state index >= 15 is 0 Å². The van der Waals surface area contributed by atoms with Crippen LogP contribution in [0, 0.1) is 0 Å². The van der Waals surface area contributed by atoms with Gasteiger partial charge in [-0.3, -0.25) is 4.79 Å². The van der Waals surface area contributed by atoms with Crippen molar-refractivity contribution in [2.75, 3.05) is 12.8 Å². The number of anilines is 1. The molecule has 0 aliphatic rings. The third kappa shape index (κ3) is 2.73. The van der Waals surface area contributed by atoms with Gasteiger partial charge < -0.3 is 15.8 Å². The zero-order chi connectivity index (χ0) is 13.0. The van der Waals surface area contributed by atoms with Gasteiger partial charge in [-0.25, -0.2) is 0 Å². The smallest absolute Gasteiger partial charge is 0.271 e. The molecule has 0 aliphatic heterocycles. The van der Waals surface area contributed by atoms with Crippen LogP contribution >= 0.6 is 0 Å². The van der Waals surface area contributed by atoms with Crippen LogP contribution in [0.4, 0.5) is 5.69 Å². The molecule has 0 bridgehead atoms. The number of hydrogen-bond donors (Lipinski definition) is 2. The summed E-state index contributed by atoms with van der Waals surface area (Å²) in [5.74, 6) is 0.572. The van der Waals surface area contributed by atoms with Crippen molar-refractivity contribution in [3.8, 4) is 11.6 Å². The lowest BCUT2D eigenvalue weighted by Gasteiger charge is -2.05. The van der Waals surface area contributed by atoms with Crippen LogP contribution in [0.15, 0.2) is 36.4 Å². The molecule has 0 atom stereocenters. The highest BCUT2D eigenvalue weighted by molar-refractivity contribution is 5.91. The minimum absolute atomic E-state index is 0.234. The van der Waals surface area contributed by atoms with Gasteiger partial charge in [0, 0.05) is 24.9 Å². The number of aromatic nitrogens is 2. The fraction of sp³-hybridized carbons (Fsp3) is 0.0833. The molecule has 1 heterocycles. The lowest BCUT2D eigenvalue weighted by molar-refractivity contribution is 0.0957. The zero-order valence-corrected chi connectivity index (χ0v) is 9.75. The Kier molecular flexibility index (Phi) is 3.38. The molecule has 92 valence electrons. The number of nitrogen functional groups attached to an aromatic ring is 1. The number of hydrogen-bond acceptors (Lipinski definition) is 5. The Balaban J connectivity index is 2.13. The van der Waals surface area contributed by atoms with Gasteiger partial charge >= 0.3 is 0 Å². The summed E-state index contributed by atoms with van der Waals surface area (Å²) in [7, 11) is 1.53. The molecule has 0 radical (unpaired) electrons. The van der Waals surface area contributed by atoms with Crippen molar-refractivity contribution >= 4 is 11.6 Å². The molecule has 1 aromatic carbocycles. The van der Waals surface area contributed by atoms with Gasteiger partial charge in [0.2, 0.25) is 5.88 Å². The van der Waals surface area contributed by atoms with Gasteiger partial charge in [-0.2, -0.15) is 0 Å². The maximum Gasteiger partial charge on any atom is 0.271 e. The summed E-state index contributed by atoms with van der Waals surface area (Å²) in [6, 6.07) is 10.1. The summed E-state index contributed by atoms with van der Waals surface area (Å²) in [6.07, 6.45) is 0. The number of nitrogens with zero attached hydrogens (tertiary/aromatic N) is 2. The van der Waals surface area contributed by atoms with Crippen LogP contribution in [0.3, 0.4) is 0 Å². The van der Waals surface area contributed by atoms with E-state index in [0.29, 0.717) is 17.3 Å². The molecule has 0 aliphatic carbocycles. The largest absolute Gasteiger partial charge is 0.437 e. The molecule has 6 nitrogen and oxygen atoms in total. The molecule has 6 heteroatoms. The van der Waals surface area contributed by atoms with Gasteiger partial charge in [0.05, 0.1) is 0 Å². The number of rotatable bonds is 3. The SMILES string of the molecule is CNC(=O)c1ccc(Oc2cccc(N)c2)nn1. The summed E-state index contributed by atoms with van der Waals surface area (Å²) in [6.45, 7) is 0. The van der Waals surface area contributed by atoms with E-state index in [9.17, 15) is 4.79 Å². The van der Waals surface area contributed by atoms with Crippen molar-refractivity contribution in [2.24, 2.45) is 0 Å². The summed E-state index contributed by atoms with van der Waals surface area (Å²) in [5, 5.41) is 10.0. The molecule has 3 N–H and O–H groups in total. The Bertz CT molecular complexity index is 554. The Labute approximate surface area is 104 Å². The average Bonchev–Trinajstić information content (AvgIpc) is 2.39. The molecule has 2 rings (SSSR count). The van der Waals surface area contributed by atoms with E-state index in [4.69, 9.17) is 10.5 Å². The van der Waals surface area contributed by atoms with Crippen molar-refractivity contribution in [2.45, 2.75) is 0 Å². The number of ether oxygens (including phenoxy) is 1. The molecule has 0 fully saturated rings. The highest BCUT2D eigenvalue weighted by atomic mass is 16.5. The van der Waals surface area contributed by atoms with E-state index in [2.05, 4.69) is 15.5 Å². The Morgan fingerprint density at radius 1 is 1.28 bits per heavy atom. The molecule has 0 unspecified atom stereocenters. The molecule has 0 saturated heterocycles. The highest BCUT2D eigenvalue weighted by Crippen LogP contribution is 2.20. The Morgan fingerprint density at radius 3 is 2.72 bits per heavy atom. The Morgan fingerprint density at radius 2 is 2.11 bits per heavy atom. The quantitative estimate of drug-likeness (QED) is 0.792. The third-order valence-electron chi connectivity index (χ3n) is 2.18. The number of benzene rings is 1. The molecule has 0 spiro atoms. The van der Waals surface area contributed by atoms with E-state index in [-0.39, 0.29) is 11.6 Å². The fourth-order valence-electron chi connectivity index (χ4n) is 1.32. The van der Waals surface area contributed by atoms with Crippen LogP contribution in [0.1, 0.15) is 10.5 Å². The normalized spacial score (nSPS) is 9.83. The predicted octanol–water partition coefficient (Wildman–Crippen LogP) is 1.21. The third-order valence-corrected chi connectivity index (χ3v) is 2.18. The minimum Gasteiger partial charge on any atom is -0.437 e. The lowest BCUT2D eigenvalue weighted by atomic mass is 10.3. The van der Waals surface area contributed by atoms with Gasteiger partial charge in [0.25, 0.3) is 5.91 Å². The number of amides is 1.